The van der Waals surface area contributed by atoms with Crippen LogP contribution in [0.4, 0.5) is 10.1 Å². The number of aryl methyl sites for hydroxylation is 1. The molecule has 0 saturated heterocycles. The van der Waals surface area contributed by atoms with Crippen LogP contribution in [-0.2, 0) is 17.8 Å². The van der Waals surface area contributed by atoms with E-state index in [0.29, 0.717) is 24.7 Å². The first-order chi connectivity index (χ1) is 13.9. The molecule has 29 heavy (non-hydrogen) atoms. The molecular weight excluding hydrogens is 375 g/mol. The third-order valence-electron chi connectivity index (χ3n) is 4.86. The van der Waals surface area contributed by atoms with Gasteiger partial charge in [0.2, 0.25) is 17.7 Å². The average molecular weight is 394 g/mol. The van der Waals surface area contributed by atoms with Gasteiger partial charge in [-0.2, -0.15) is 0 Å². The van der Waals surface area contributed by atoms with Gasteiger partial charge in [0.25, 0.3) is 5.91 Å². The van der Waals surface area contributed by atoms with Crippen molar-refractivity contribution in [1.82, 2.24) is 15.1 Å². The van der Waals surface area contributed by atoms with E-state index in [1.807, 2.05) is 24.3 Å². The maximum absolute atomic E-state index is 14.0. The molecule has 0 spiro atoms. The first-order valence-electron chi connectivity index (χ1n) is 9.17. The molecule has 1 aliphatic heterocycles. The van der Waals surface area contributed by atoms with Crippen molar-refractivity contribution in [2.75, 3.05) is 5.32 Å². The number of benzene rings is 2. The molecule has 0 aliphatic carbocycles. The number of amides is 2. The Hall–Kier alpha value is -3.55. The molecular formula is C21H19FN4O3. The number of rotatable bonds is 3. The van der Waals surface area contributed by atoms with Crippen LogP contribution in [0.2, 0.25) is 0 Å². The summed E-state index contributed by atoms with van der Waals surface area (Å²) in [5.74, 6) is -0.563. The Morgan fingerprint density at radius 2 is 1.93 bits per heavy atom. The molecule has 0 saturated carbocycles. The number of nitrogens with one attached hydrogen (secondary N) is 1. The maximum Gasteiger partial charge on any atom is 0.254 e. The molecule has 1 aromatic heterocycles. The number of carbonyl (C=O) groups is 2. The van der Waals surface area contributed by atoms with Crippen LogP contribution >= 0.6 is 0 Å². The van der Waals surface area contributed by atoms with Crippen LogP contribution in [0.3, 0.4) is 0 Å². The Morgan fingerprint density at radius 1 is 1.17 bits per heavy atom. The van der Waals surface area contributed by atoms with E-state index in [2.05, 4.69) is 15.5 Å². The largest absolute Gasteiger partial charge is 0.423 e. The Balaban J connectivity index is 1.72. The van der Waals surface area contributed by atoms with Gasteiger partial charge in [-0.25, -0.2) is 4.39 Å². The van der Waals surface area contributed by atoms with Crippen LogP contribution in [0.15, 0.2) is 46.9 Å². The van der Waals surface area contributed by atoms with Gasteiger partial charge in [-0.3, -0.25) is 9.59 Å². The highest BCUT2D eigenvalue weighted by atomic mass is 19.1. The third kappa shape index (κ3) is 3.73. The van der Waals surface area contributed by atoms with E-state index in [0.717, 1.165) is 11.1 Å². The molecule has 0 radical (unpaired) electrons. The molecule has 1 aliphatic rings. The van der Waals surface area contributed by atoms with Crippen LogP contribution in [-0.4, -0.2) is 26.9 Å². The molecule has 1 atom stereocenters. The summed E-state index contributed by atoms with van der Waals surface area (Å²) in [7, 11) is 0. The lowest BCUT2D eigenvalue weighted by Gasteiger charge is -2.35. The molecule has 4 rings (SSSR count). The lowest BCUT2D eigenvalue weighted by atomic mass is 9.93. The lowest BCUT2D eigenvalue weighted by molar-refractivity contribution is -0.114. The van der Waals surface area contributed by atoms with Crippen LogP contribution in [0.5, 0.6) is 0 Å². The Kier molecular flexibility index (Phi) is 4.84. The smallest absolute Gasteiger partial charge is 0.254 e. The summed E-state index contributed by atoms with van der Waals surface area (Å²) in [6.07, 6.45) is 0.531. The zero-order valence-electron chi connectivity index (χ0n) is 16.0. The van der Waals surface area contributed by atoms with Crippen molar-refractivity contribution in [2.45, 2.75) is 32.9 Å². The van der Waals surface area contributed by atoms with E-state index in [1.54, 1.807) is 11.8 Å². The molecule has 1 N–H and O–H groups in total. The number of anilines is 1. The number of nitrogens with zero attached hydrogens (tertiary/aromatic N) is 3. The summed E-state index contributed by atoms with van der Waals surface area (Å²) in [6.45, 7) is 3.33. The molecule has 7 nitrogen and oxygen atoms in total. The molecule has 3 aromatic rings. The highest BCUT2D eigenvalue weighted by molar-refractivity contribution is 5.97. The van der Waals surface area contributed by atoms with Crippen LogP contribution in [0.1, 0.15) is 46.2 Å². The van der Waals surface area contributed by atoms with E-state index >= 15 is 0 Å². The summed E-state index contributed by atoms with van der Waals surface area (Å²) in [5.41, 5.74) is 2.36. The highest BCUT2D eigenvalue weighted by Crippen LogP contribution is 2.34. The SMILES string of the molecule is CC(=O)Nc1cc(C(=O)N2Cc3ccccc3CC2c2nnc(C)o2)ccc1F. The summed E-state index contributed by atoms with van der Waals surface area (Å²) in [4.78, 5) is 26.3. The number of hydrogen-bond acceptors (Lipinski definition) is 5. The predicted molar refractivity (Wildman–Crippen MR) is 102 cm³/mol. The van der Waals surface area contributed by atoms with Gasteiger partial charge < -0.3 is 14.6 Å². The zero-order valence-corrected chi connectivity index (χ0v) is 16.0. The molecule has 8 heteroatoms. The molecule has 1 unspecified atom stereocenters. The summed E-state index contributed by atoms with van der Waals surface area (Å²) in [5, 5.41) is 10.4. The van der Waals surface area contributed by atoms with Gasteiger partial charge in [0.05, 0.1) is 5.69 Å². The fourth-order valence-corrected chi connectivity index (χ4v) is 3.51. The normalized spacial score (nSPS) is 15.7. The van der Waals surface area contributed by atoms with Gasteiger partial charge in [0.15, 0.2) is 0 Å². The molecule has 2 heterocycles. The van der Waals surface area contributed by atoms with Crippen LogP contribution in [0, 0.1) is 12.7 Å². The standard InChI is InChI=1S/C21H19FN4O3/c1-12(27)23-18-9-15(7-8-17(18)22)21(28)26-11-16-6-4-3-5-14(16)10-19(26)20-25-24-13(2)29-20/h3-9,19H,10-11H2,1-2H3,(H,23,27). The van der Waals surface area contributed by atoms with E-state index in [1.165, 1.54) is 25.1 Å². The van der Waals surface area contributed by atoms with E-state index in [9.17, 15) is 14.0 Å². The Labute approximate surface area is 166 Å². The zero-order chi connectivity index (χ0) is 20.5. The minimum absolute atomic E-state index is 0.0362. The van der Waals surface area contributed by atoms with Crippen molar-refractivity contribution in [3.63, 3.8) is 0 Å². The van der Waals surface area contributed by atoms with Crippen LogP contribution in [0.25, 0.3) is 0 Å². The summed E-state index contributed by atoms with van der Waals surface area (Å²) >= 11 is 0. The fraction of sp³-hybridized carbons (Fsp3) is 0.238. The molecule has 0 fully saturated rings. The molecule has 2 amide bonds. The van der Waals surface area contributed by atoms with Crippen molar-refractivity contribution in [3.8, 4) is 0 Å². The van der Waals surface area contributed by atoms with Crippen molar-refractivity contribution < 1.29 is 18.4 Å². The number of halogens is 1. The van der Waals surface area contributed by atoms with Crippen molar-refractivity contribution in [2.24, 2.45) is 0 Å². The Bertz CT molecular complexity index is 1100. The minimum atomic E-state index is -0.607. The first-order valence-corrected chi connectivity index (χ1v) is 9.17. The second kappa shape index (κ2) is 7.46. The first kappa shape index (κ1) is 18.8. The predicted octanol–water partition coefficient (Wildman–Crippen LogP) is 3.42. The quantitative estimate of drug-likeness (QED) is 0.735. The summed E-state index contributed by atoms with van der Waals surface area (Å²) < 4.78 is 19.6. The minimum Gasteiger partial charge on any atom is -0.423 e. The Morgan fingerprint density at radius 3 is 2.62 bits per heavy atom. The molecule has 148 valence electrons. The maximum atomic E-state index is 14.0. The van der Waals surface area contributed by atoms with Gasteiger partial charge in [-0.05, 0) is 29.3 Å². The van der Waals surface area contributed by atoms with Crippen molar-refractivity contribution in [3.05, 3.63) is 76.8 Å². The average Bonchev–Trinajstić information content (AvgIpc) is 3.14. The second-order valence-electron chi connectivity index (χ2n) is 6.96. The number of hydrogen-bond donors (Lipinski definition) is 1. The molecule has 2 aromatic carbocycles. The third-order valence-corrected chi connectivity index (χ3v) is 4.86. The number of aromatic nitrogens is 2. The van der Waals surface area contributed by atoms with E-state index in [4.69, 9.17) is 4.42 Å². The second-order valence-corrected chi connectivity index (χ2v) is 6.96. The van der Waals surface area contributed by atoms with E-state index in [-0.39, 0.29) is 17.2 Å². The van der Waals surface area contributed by atoms with Gasteiger partial charge in [-0.15, -0.1) is 10.2 Å². The topological polar surface area (TPSA) is 88.3 Å². The van der Waals surface area contributed by atoms with Crippen LogP contribution < -0.4 is 5.32 Å². The number of fused-ring (bicyclic) bond motifs is 1. The van der Waals surface area contributed by atoms with Gasteiger partial charge in [0, 0.05) is 32.4 Å². The fourth-order valence-electron chi connectivity index (χ4n) is 3.51. The monoisotopic (exact) mass is 394 g/mol. The summed E-state index contributed by atoms with van der Waals surface area (Å²) in [6, 6.07) is 11.3. The van der Waals surface area contributed by atoms with Gasteiger partial charge >= 0.3 is 0 Å². The number of carbonyl (C=O) groups excluding carboxylic acids is 2. The van der Waals surface area contributed by atoms with Crippen molar-refractivity contribution in [1.29, 1.82) is 0 Å². The molecule has 0 bridgehead atoms. The van der Waals surface area contributed by atoms with Gasteiger partial charge in [-0.1, -0.05) is 24.3 Å². The van der Waals surface area contributed by atoms with Gasteiger partial charge in [0.1, 0.15) is 11.9 Å². The van der Waals surface area contributed by atoms with Crippen molar-refractivity contribution >= 4 is 17.5 Å². The highest BCUT2D eigenvalue weighted by Gasteiger charge is 2.35. The van der Waals surface area contributed by atoms with E-state index < -0.39 is 17.8 Å². The lowest BCUT2D eigenvalue weighted by Crippen LogP contribution is -2.39.